The molecule has 0 aliphatic carbocycles. The maximum Gasteiger partial charge on any atom is 0.319 e. The largest absolute Gasteiger partial charge is 0.336 e. The number of nitrogens with zero attached hydrogens (tertiary/aromatic N) is 1. The first-order valence-corrected chi connectivity index (χ1v) is 9.86. The van der Waals surface area contributed by atoms with Gasteiger partial charge in [-0.3, -0.25) is 10.1 Å². The van der Waals surface area contributed by atoms with E-state index in [2.05, 4.69) is 20.9 Å². The number of thiazole rings is 1. The number of carbonyl (C=O) groups is 2. The summed E-state index contributed by atoms with van der Waals surface area (Å²) in [5, 5.41) is 8.68. The first-order valence-electron chi connectivity index (χ1n) is 9.04. The van der Waals surface area contributed by atoms with Crippen molar-refractivity contribution in [1.29, 1.82) is 0 Å². The zero-order valence-electron chi connectivity index (χ0n) is 16.2. The number of anilines is 2. The monoisotopic (exact) mass is 412 g/mol. The number of amides is 3. The van der Waals surface area contributed by atoms with Gasteiger partial charge in [-0.25, -0.2) is 14.2 Å². The molecule has 2 aromatic carbocycles. The Morgan fingerprint density at radius 3 is 2.28 bits per heavy atom. The van der Waals surface area contributed by atoms with Crippen LogP contribution in [0.15, 0.2) is 48.5 Å². The van der Waals surface area contributed by atoms with Crippen LogP contribution in [0.1, 0.15) is 29.1 Å². The second-order valence-electron chi connectivity index (χ2n) is 6.72. The fourth-order valence-electron chi connectivity index (χ4n) is 2.63. The van der Waals surface area contributed by atoms with Gasteiger partial charge < -0.3 is 10.6 Å². The van der Waals surface area contributed by atoms with E-state index in [1.807, 2.05) is 20.8 Å². The van der Waals surface area contributed by atoms with E-state index in [9.17, 15) is 14.0 Å². The number of urea groups is 1. The molecule has 0 saturated carbocycles. The minimum absolute atomic E-state index is 0.0293. The smallest absolute Gasteiger partial charge is 0.319 e. The Balaban J connectivity index is 1.67. The minimum atomic E-state index is -0.310. The maximum absolute atomic E-state index is 13.1. The Bertz CT molecular complexity index is 1010. The number of hydrogen-bond acceptors (Lipinski definition) is 4. The average Bonchev–Trinajstić information content (AvgIpc) is 3.02. The first kappa shape index (κ1) is 20.5. The van der Waals surface area contributed by atoms with Crippen molar-refractivity contribution in [2.24, 2.45) is 0 Å². The molecule has 0 unspecified atom stereocenters. The number of carbonyl (C=O) groups excluding carboxylic acids is 2. The second-order valence-corrected chi connectivity index (χ2v) is 7.92. The van der Waals surface area contributed by atoms with Crippen LogP contribution in [-0.4, -0.2) is 23.0 Å². The molecule has 0 aliphatic rings. The highest BCUT2D eigenvalue weighted by atomic mass is 32.1. The Morgan fingerprint density at radius 1 is 1.00 bits per heavy atom. The molecular weight excluding hydrogens is 391 g/mol. The van der Waals surface area contributed by atoms with Gasteiger partial charge in [-0.15, -0.1) is 11.3 Å². The zero-order chi connectivity index (χ0) is 21.0. The summed E-state index contributed by atoms with van der Waals surface area (Å²) >= 11 is 1.35. The molecule has 3 rings (SSSR count). The van der Waals surface area contributed by atoms with Gasteiger partial charge in [0, 0.05) is 27.7 Å². The van der Waals surface area contributed by atoms with Crippen LogP contribution in [-0.2, 0) is 0 Å². The van der Waals surface area contributed by atoms with E-state index in [1.165, 1.54) is 23.5 Å². The molecule has 1 aromatic heterocycles. The molecule has 8 heteroatoms. The van der Waals surface area contributed by atoms with Gasteiger partial charge in [-0.1, -0.05) is 0 Å². The van der Waals surface area contributed by atoms with Gasteiger partial charge in [-0.2, -0.15) is 0 Å². The summed E-state index contributed by atoms with van der Waals surface area (Å²) in [6.07, 6.45) is 0. The predicted molar refractivity (Wildman–Crippen MR) is 114 cm³/mol. The second kappa shape index (κ2) is 8.83. The van der Waals surface area contributed by atoms with E-state index < -0.39 is 0 Å². The lowest BCUT2D eigenvalue weighted by Crippen LogP contribution is -2.34. The number of rotatable bonds is 5. The van der Waals surface area contributed by atoms with Crippen molar-refractivity contribution in [1.82, 2.24) is 10.3 Å². The number of nitrogens with one attached hydrogen (secondary N) is 3. The molecule has 29 heavy (non-hydrogen) atoms. The lowest BCUT2D eigenvalue weighted by atomic mass is 10.1. The van der Waals surface area contributed by atoms with Gasteiger partial charge in [-0.05, 0) is 69.3 Å². The van der Waals surface area contributed by atoms with Gasteiger partial charge in [0.25, 0.3) is 5.91 Å². The van der Waals surface area contributed by atoms with E-state index in [0.29, 0.717) is 22.1 Å². The van der Waals surface area contributed by atoms with Crippen LogP contribution >= 0.6 is 11.3 Å². The summed E-state index contributed by atoms with van der Waals surface area (Å²) < 4.78 is 13.1. The molecule has 0 spiro atoms. The average molecular weight is 412 g/mol. The highest BCUT2D eigenvalue weighted by Crippen LogP contribution is 2.30. The predicted octanol–water partition coefficient (Wildman–Crippen LogP) is 5.04. The molecule has 0 bridgehead atoms. The molecule has 0 radical (unpaired) electrons. The van der Waals surface area contributed by atoms with Crippen LogP contribution < -0.4 is 16.0 Å². The van der Waals surface area contributed by atoms with Gasteiger partial charge in [0.2, 0.25) is 0 Å². The maximum atomic E-state index is 13.1. The topological polar surface area (TPSA) is 83.1 Å². The molecule has 1 heterocycles. The van der Waals surface area contributed by atoms with Crippen LogP contribution in [0.4, 0.5) is 20.0 Å². The van der Waals surface area contributed by atoms with E-state index in [0.717, 1.165) is 10.4 Å². The first-order chi connectivity index (χ1) is 13.8. The summed E-state index contributed by atoms with van der Waals surface area (Å²) in [4.78, 5) is 29.6. The van der Waals surface area contributed by atoms with Gasteiger partial charge in [0.15, 0.2) is 5.13 Å². The molecule has 150 valence electrons. The SMILES string of the molecule is Cc1sc(NC(=O)c2ccc(NC(=O)NC(C)C)cc2)nc1-c1ccc(F)cc1. The third kappa shape index (κ3) is 5.39. The molecule has 0 fully saturated rings. The van der Waals surface area contributed by atoms with Crippen molar-refractivity contribution in [2.45, 2.75) is 26.8 Å². The summed E-state index contributed by atoms with van der Waals surface area (Å²) in [6.45, 7) is 5.64. The molecule has 3 amide bonds. The fraction of sp³-hybridized carbons (Fsp3) is 0.190. The molecule has 3 aromatic rings. The number of aryl methyl sites for hydroxylation is 1. The molecule has 0 aliphatic heterocycles. The molecular formula is C21H21FN4O2S. The number of halogens is 1. The zero-order valence-corrected chi connectivity index (χ0v) is 17.1. The van der Waals surface area contributed by atoms with Gasteiger partial charge in [0.05, 0.1) is 5.69 Å². The highest BCUT2D eigenvalue weighted by Gasteiger charge is 2.14. The van der Waals surface area contributed by atoms with E-state index in [1.54, 1.807) is 36.4 Å². The van der Waals surface area contributed by atoms with Crippen molar-refractivity contribution >= 4 is 34.1 Å². The molecule has 6 nitrogen and oxygen atoms in total. The third-order valence-corrected chi connectivity index (χ3v) is 4.85. The number of benzene rings is 2. The van der Waals surface area contributed by atoms with Crippen molar-refractivity contribution in [3.05, 3.63) is 64.8 Å². The summed E-state index contributed by atoms with van der Waals surface area (Å²) in [6, 6.07) is 12.4. The normalized spacial score (nSPS) is 10.7. The third-order valence-electron chi connectivity index (χ3n) is 3.96. The quantitative estimate of drug-likeness (QED) is 0.549. The highest BCUT2D eigenvalue weighted by molar-refractivity contribution is 7.16. The number of aromatic nitrogens is 1. The van der Waals surface area contributed by atoms with Crippen LogP contribution in [0.3, 0.4) is 0 Å². The van der Waals surface area contributed by atoms with E-state index in [4.69, 9.17) is 0 Å². The fourth-order valence-corrected chi connectivity index (χ4v) is 3.46. The Hall–Kier alpha value is -3.26. The van der Waals surface area contributed by atoms with Crippen molar-refractivity contribution in [2.75, 3.05) is 10.6 Å². The standard InChI is InChI=1S/C21H21FN4O2S/c1-12(2)23-20(28)24-17-10-6-15(7-11-17)19(27)26-21-25-18(13(3)29-21)14-4-8-16(22)9-5-14/h4-12H,1-3H3,(H2,23,24,28)(H,25,26,27). The lowest BCUT2D eigenvalue weighted by Gasteiger charge is -2.10. The summed E-state index contributed by atoms with van der Waals surface area (Å²) in [5.74, 6) is -0.614. The molecule has 3 N–H and O–H groups in total. The Kier molecular flexibility index (Phi) is 6.23. The summed E-state index contributed by atoms with van der Waals surface area (Å²) in [7, 11) is 0. The Morgan fingerprint density at radius 2 is 1.66 bits per heavy atom. The Labute approximate surface area is 172 Å². The number of hydrogen-bond donors (Lipinski definition) is 3. The molecule has 0 atom stereocenters. The van der Waals surface area contributed by atoms with E-state index in [-0.39, 0.29) is 23.8 Å². The molecule has 0 saturated heterocycles. The van der Waals surface area contributed by atoms with Crippen molar-refractivity contribution in [3.63, 3.8) is 0 Å². The summed E-state index contributed by atoms with van der Waals surface area (Å²) in [5.41, 5.74) is 2.52. The van der Waals surface area contributed by atoms with Gasteiger partial charge in [0.1, 0.15) is 5.82 Å². The lowest BCUT2D eigenvalue weighted by molar-refractivity contribution is 0.102. The van der Waals surface area contributed by atoms with E-state index >= 15 is 0 Å². The van der Waals surface area contributed by atoms with Gasteiger partial charge >= 0.3 is 6.03 Å². The van der Waals surface area contributed by atoms with Crippen molar-refractivity contribution in [3.8, 4) is 11.3 Å². The van der Waals surface area contributed by atoms with Crippen LogP contribution in [0, 0.1) is 12.7 Å². The van der Waals surface area contributed by atoms with Crippen LogP contribution in [0.2, 0.25) is 0 Å². The van der Waals surface area contributed by atoms with Crippen LogP contribution in [0.25, 0.3) is 11.3 Å². The minimum Gasteiger partial charge on any atom is -0.336 e. The van der Waals surface area contributed by atoms with Crippen LogP contribution in [0.5, 0.6) is 0 Å². The van der Waals surface area contributed by atoms with Crippen molar-refractivity contribution < 1.29 is 14.0 Å².